The van der Waals surface area contributed by atoms with Crippen molar-refractivity contribution in [2.75, 3.05) is 19.4 Å². The van der Waals surface area contributed by atoms with Gasteiger partial charge in [-0.05, 0) is 61.5 Å². The third kappa shape index (κ3) is 4.57. The van der Waals surface area contributed by atoms with Crippen molar-refractivity contribution in [1.82, 2.24) is 15.1 Å². The van der Waals surface area contributed by atoms with Gasteiger partial charge in [0.2, 0.25) is 11.8 Å². The maximum atomic E-state index is 12.6. The van der Waals surface area contributed by atoms with E-state index in [1.807, 2.05) is 31.2 Å². The Bertz CT molecular complexity index is 1260. The summed E-state index contributed by atoms with van der Waals surface area (Å²) in [4.78, 5) is 26.2. The van der Waals surface area contributed by atoms with Crippen molar-refractivity contribution in [3.8, 4) is 22.9 Å². The number of nitrogens with one attached hydrogen (secondary N) is 1. The Kier molecular flexibility index (Phi) is 5.81. The first-order chi connectivity index (χ1) is 15.4. The van der Waals surface area contributed by atoms with E-state index in [0.717, 1.165) is 11.1 Å². The van der Waals surface area contributed by atoms with Crippen LogP contribution in [0.3, 0.4) is 0 Å². The van der Waals surface area contributed by atoms with E-state index in [9.17, 15) is 9.59 Å². The number of amides is 2. The monoisotopic (exact) mass is 426 g/mol. The van der Waals surface area contributed by atoms with Crippen molar-refractivity contribution in [1.29, 1.82) is 0 Å². The van der Waals surface area contributed by atoms with Gasteiger partial charge < -0.3 is 14.6 Å². The molecule has 1 N–H and O–H groups in total. The first kappa shape index (κ1) is 21.0. The number of carbonyl (C=O) groups excluding carboxylic acids is 2. The second kappa shape index (κ2) is 8.85. The molecule has 0 fully saturated rings. The third-order valence-electron chi connectivity index (χ3n) is 4.89. The minimum Gasteiger partial charge on any atom is -0.416 e. The Morgan fingerprint density at radius 1 is 0.812 bits per heavy atom. The van der Waals surface area contributed by atoms with Crippen molar-refractivity contribution in [2.24, 2.45) is 0 Å². The molecule has 0 spiro atoms. The molecule has 160 valence electrons. The topological polar surface area (TPSA) is 88.3 Å². The lowest BCUT2D eigenvalue weighted by Crippen LogP contribution is -2.21. The molecule has 7 nitrogen and oxygen atoms in total. The molecular formula is C25H22N4O3. The number of hydrogen-bond acceptors (Lipinski definition) is 5. The summed E-state index contributed by atoms with van der Waals surface area (Å²) in [5.41, 5.74) is 4.23. The van der Waals surface area contributed by atoms with Gasteiger partial charge in [-0.15, -0.1) is 10.2 Å². The number of aryl methyl sites for hydroxylation is 1. The fraction of sp³-hybridized carbons (Fsp3) is 0.120. The van der Waals surface area contributed by atoms with Gasteiger partial charge in [0.15, 0.2) is 0 Å². The van der Waals surface area contributed by atoms with Crippen LogP contribution in [0.25, 0.3) is 22.9 Å². The molecule has 0 saturated heterocycles. The van der Waals surface area contributed by atoms with Gasteiger partial charge >= 0.3 is 0 Å². The molecule has 0 saturated carbocycles. The van der Waals surface area contributed by atoms with Crippen LogP contribution in [-0.2, 0) is 0 Å². The third-order valence-corrected chi connectivity index (χ3v) is 4.89. The van der Waals surface area contributed by atoms with Crippen molar-refractivity contribution in [3.05, 3.63) is 89.5 Å². The number of rotatable bonds is 5. The number of hydrogen-bond donors (Lipinski definition) is 1. The highest BCUT2D eigenvalue weighted by molar-refractivity contribution is 6.05. The molecule has 0 aliphatic rings. The second-order valence-corrected chi connectivity index (χ2v) is 7.59. The fourth-order valence-electron chi connectivity index (χ4n) is 3.11. The fourth-order valence-corrected chi connectivity index (χ4v) is 3.11. The van der Waals surface area contributed by atoms with E-state index in [1.54, 1.807) is 62.6 Å². The molecule has 0 bridgehead atoms. The lowest BCUT2D eigenvalue weighted by Gasteiger charge is -2.11. The first-order valence-electron chi connectivity index (χ1n) is 10.0. The number of aromatic nitrogens is 2. The van der Waals surface area contributed by atoms with Crippen LogP contribution in [0.5, 0.6) is 0 Å². The summed E-state index contributed by atoms with van der Waals surface area (Å²) >= 11 is 0. The summed E-state index contributed by atoms with van der Waals surface area (Å²) in [5.74, 6) is 0.406. The second-order valence-electron chi connectivity index (χ2n) is 7.59. The molecule has 0 aliphatic carbocycles. The van der Waals surface area contributed by atoms with Crippen LogP contribution >= 0.6 is 0 Å². The lowest BCUT2D eigenvalue weighted by molar-refractivity contribution is 0.0827. The predicted molar refractivity (Wildman–Crippen MR) is 122 cm³/mol. The summed E-state index contributed by atoms with van der Waals surface area (Å²) in [5, 5.41) is 11.0. The molecule has 3 aromatic carbocycles. The highest BCUT2D eigenvalue weighted by Crippen LogP contribution is 2.24. The van der Waals surface area contributed by atoms with Crippen LogP contribution in [0.15, 0.2) is 77.2 Å². The zero-order chi connectivity index (χ0) is 22.7. The van der Waals surface area contributed by atoms with Gasteiger partial charge in [0, 0.05) is 42.0 Å². The molecule has 2 amide bonds. The van der Waals surface area contributed by atoms with E-state index in [0.29, 0.717) is 34.2 Å². The Morgan fingerprint density at radius 2 is 1.41 bits per heavy atom. The van der Waals surface area contributed by atoms with Crippen molar-refractivity contribution in [3.63, 3.8) is 0 Å². The highest BCUT2D eigenvalue weighted by atomic mass is 16.4. The Balaban J connectivity index is 1.47. The summed E-state index contributed by atoms with van der Waals surface area (Å²) in [6.45, 7) is 2.01. The molecular weight excluding hydrogens is 404 g/mol. The molecule has 4 aromatic rings. The smallest absolute Gasteiger partial charge is 0.255 e. The van der Waals surface area contributed by atoms with Gasteiger partial charge in [-0.2, -0.15) is 0 Å². The SMILES string of the molecule is Cc1ccc(-c2nnc(-c3ccc(C(=O)Nc4cccc(C(=O)N(C)C)c4)cc3)o2)cc1. The Morgan fingerprint density at radius 3 is 2.00 bits per heavy atom. The van der Waals surface area contributed by atoms with Crippen LogP contribution in [0.2, 0.25) is 0 Å². The largest absolute Gasteiger partial charge is 0.416 e. The number of nitrogens with zero attached hydrogens (tertiary/aromatic N) is 3. The quantitative estimate of drug-likeness (QED) is 0.501. The summed E-state index contributed by atoms with van der Waals surface area (Å²) in [6.07, 6.45) is 0. The molecule has 4 rings (SSSR count). The van der Waals surface area contributed by atoms with E-state index in [1.165, 1.54) is 4.90 Å². The van der Waals surface area contributed by atoms with Crippen LogP contribution in [0, 0.1) is 6.92 Å². The Labute approximate surface area is 185 Å². The van der Waals surface area contributed by atoms with Crippen LogP contribution in [0.4, 0.5) is 5.69 Å². The van der Waals surface area contributed by atoms with Crippen LogP contribution in [-0.4, -0.2) is 41.0 Å². The van der Waals surface area contributed by atoms with Gasteiger partial charge in [0.25, 0.3) is 11.8 Å². The predicted octanol–water partition coefficient (Wildman–Crippen LogP) is 4.67. The van der Waals surface area contributed by atoms with E-state index in [-0.39, 0.29) is 11.8 Å². The van der Waals surface area contributed by atoms with Crippen molar-refractivity contribution < 1.29 is 14.0 Å². The zero-order valence-electron chi connectivity index (χ0n) is 18.0. The van der Waals surface area contributed by atoms with Gasteiger partial charge in [0.05, 0.1) is 0 Å². The van der Waals surface area contributed by atoms with Gasteiger partial charge in [-0.25, -0.2) is 0 Å². The Hall–Kier alpha value is -4.26. The molecule has 32 heavy (non-hydrogen) atoms. The lowest BCUT2D eigenvalue weighted by atomic mass is 10.1. The number of carbonyl (C=O) groups is 2. The van der Waals surface area contributed by atoms with Crippen LogP contribution in [0.1, 0.15) is 26.3 Å². The van der Waals surface area contributed by atoms with Crippen molar-refractivity contribution >= 4 is 17.5 Å². The van der Waals surface area contributed by atoms with E-state index in [2.05, 4.69) is 15.5 Å². The van der Waals surface area contributed by atoms with E-state index < -0.39 is 0 Å². The van der Waals surface area contributed by atoms with Crippen molar-refractivity contribution in [2.45, 2.75) is 6.92 Å². The van der Waals surface area contributed by atoms with Crippen LogP contribution < -0.4 is 5.32 Å². The standard InChI is InChI=1S/C25H22N4O3/c1-16-7-9-18(10-8-16)23-27-28-24(32-23)19-13-11-17(12-14-19)22(30)26-21-6-4-5-20(15-21)25(31)29(2)3/h4-15H,1-3H3,(H,26,30). The normalized spacial score (nSPS) is 10.6. The maximum absolute atomic E-state index is 12.6. The van der Waals surface area contributed by atoms with Gasteiger partial charge in [0.1, 0.15) is 0 Å². The van der Waals surface area contributed by atoms with Gasteiger partial charge in [-0.1, -0.05) is 23.8 Å². The van der Waals surface area contributed by atoms with E-state index in [4.69, 9.17) is 4.42 Å². The molecule has 0 radical (unpaired) electrons. The molecule has 1 heterocycles. The number of anilines is 1. The minimum absolute atomic E-state index is 0.130. The molecule has 0 aliphatic heterocycles. The van der Waals surface area contributed by atoms with Gasteiger partial charge in [-0.3, -0.25) is 9.59 Å². The minimum atomic E-state index is -0.281. The summed E-state index contributed by atoms with van der Waals surface area (Å²) in [6, 6.07) is 21.6. The zero-order valence-corrected chi connectivity index (χ0v) is 18.0. The summed E-state index contributed by atoms with van der Waals surface area (Å²) < 4.78 is 5.79. The molecule has 0 atom stereocenters. The molecule has 1 aromatic heterocycles. The van der Waals surface area contributed by atoms with E-state index >= 15 is 0 Å². The highest BCUT2D eigenvalue weighted by Gasteiger charge is 2.13. The maximum Gasteiger partial charge on any atom is 0.255 e. The molecule has 7 heteroatoms. The first-order valence-corrected chi connectivity index (χ1v) is 10.0. The summed E-state index contributed by atoms with van der Waals surface area (Å²) in [7, 11) is 3.37. The average Bonchev–Trinajstić information content (AvgIpc) is 3.29. The average molecular weight is 426 g/mol. The number of benzene rings is 3. The molecule has 0 unspecified atom stereocenters.